The molecule has 8 heteroatoms. The quantitative estimate of drug-likeness (QED) is 0.314. The molecule has 0 spiro atoms. The number of halogens is 1. The van der Waals surface area contributed by atoms with Crippen LogP contribution in [0, 0.1) is 13.8 Å². The van der Waals surface area contributed by atoms with Crippen molar-refractivity contribution in [3.8, 4) is 0 Å². The highest BCUT2D eigenvalue weighted by Crippen LogP contribution is 2.11. The molecule has 30 heavy (non-hydrogen) atoms. The Labute approximate surface area is 197 Å². The molecule has 2 N–H and O–H groups in total. The first-order valence-electron chi connectivity index (χ1n) is 10.3. The number of nitrogens with zero attached hydrogens (tertiary/aromatic N) is 4. The number of hydrogen-bond donors (Lipinski definition) is 2. The first kappa shape index (κ1) is 25.9. The fourth-order valence-corrected chi connectivity index (χ4v) is 3.20. The monoisotopic (exact) mass is 526 g/mol. The molecule has 0 saturated heterocycles. The number of aromatic nitrogens is 2. The summed E-state index contributed by atoms with van der Waals surface area (Å²) in [5.74, 6) is 0.834. The minimum absolute atomic E-state index is 0. The summed E-state index contributed by atoms with van der Waals surface area (Å²) in [6, 6.07) is 7.71. The Hall–Kier alpha value is -2.10. The lowest BCUT2D eigenvalue weighted by Gasteiger charge is -2.18. The average molecular weight is 526 g/mol. The van der Waals surface area contributed by atoms with Crippen LogP contribution in [-0.2, 0) is 20.1 Å². The van der Waals surface area contributed by atoms with Crippen LogP contribution in [0.4, 0.5) is 0 Å². The van der Waals surface area contributed by atoms with E-state index in [4.69, 9.17) is 0 Å². The van der Waals surface area contributed by atoms with Gasteiger partial charge < -0.3 is 15.5 Å². The minimum Gasteiger partial charge on any atom is -0.357 e. The zero-order chi connectivity index (χ0) is 21.4. The molecule has 2 rings (SSSR count). The lowest BCUT2D eigenvalue weighted by Crippen LogP contribution is -2.37. The van der Waals surface area contributed by atoms with Crippen molar-refractivity contribution >= 4 is 35.8 Å². The summed E-state index contributed by atoms with van der Waals surface area (Å²) in [6.45, 7) is 13.6. The maximum Gasteiger partial charge on any atom is 0.253 e. The van der Waals surface area contributed by atoms with Gasteiger partial charge >= 0.3 is 0 Å². The standard InChI is InChI=1S/C22H34N6O.HI/c1-7-23-22(25-15-20-16(4)26-27(6)17(20)5)24-14-18-10-12-19(13-11-18)21(29)28(8-2)9-3;/h10-13H,7-9,14-15H2,1-6H3,(H2,23,24,25);1H. The molecule has 1 aromatic heterocycles. The SMILES string of the molecule is CCNC(=NCc1ccc(C(=O)N(CC)CC)cc1)NCc1c(C)nn(C)c1C.I. The zero-order valence-corrected chi connectivity index (χ0v) is 21.3. The van der Waals surface area contributed by atoms with E-state index >= 15 is 0 Å². The van der Waals surface area contributed by atoms with Crippen LogP contribution in [-0.4, -0.2) is 46.2 Å². The van der Waals surface area contributed by atoms with Crippen molar-refractivity contribution in [3.05, 3.63) is 52.3 Å². The van der Waals surface area contributed by atoms with Crippen molar-refractivity contribution in [2.75, 3.05) is 19.6 Å². The number of guanidine groups is 1. The van der Waals surface area contributed by atoms with E-state index in [0.717, 1.165) is 42.5 Å². The molecule has 0 aliphatic heterocycles. The fraction of sp³-hybridized carbons (Fsp3) is 0.500. The van der Waals surface area contributed by atoms with Gasteiger partial charge in [0.1, 0.15) is 0 Å². The van der Waals surface area contributed by atoms with Gasteiger partial charge in [-0.15, -0.1) is 24.0 Å². The molecule has 1 amide bonds. The Kier molecular flexibility index (Phi) is 10.9. The predicted molar refractivity (Wildman–Crippen MR) is 133 cm³/mol. The molecule has 0 saturated carbocycles. The second-order valence-corrected chi connectivity index (χ2v) is 7.00. The zero-order valence-electron chi connectivity index (χ0n) is 19.0. The molecule has 0 bridgehead atoms. The Morgan fingerprint density at radius 3 is 2.23 bits per heavy atom. The lowest BCUT2D eigenvalue weighted by molar-refractivity contribution is 0.0773. The fourth-order valence-electron chi connectivity index (χ4n) is 3.20. The number of nitrogens with one attached hydrogen (secondary N) is 2. The van der Waals surface area contributed by atoms with Crippen LogP contribution >= 0.6 is 24.0 Å². The van der Waals surface area contributed by atoms with Crippen LogP contribution < -0.4 is 10.6 Å². The number of benzene rings is 1. The average Bonchev–Trinajstić information content (AvgIpc) is 2.96. The molecule has 7 nitrogen and oxygen atoms in total. The highest BCUT2D eigenvalue weighted by molar-refractivity contribution is 14.0. The largest absolute Gasteiger partial charge is 0.357 e. The highest BCUT2D eigenvalue weighted by atomic mass is 127. The number of carbonyl (C=O) groups excluding carboxylic acids is 1. The van der Waals surface area contributed by atoms with Gasteiger partial charge in [0.25, 0.3) is 5.91 Å². The first-order chi connectivity index (χ1) is 13.9. The Morgan fingerprint density at radius 2 is 1.73 bits per heavy atom. The van der Waals surface area contributed by atoms with Crippen LogP contribution in [0.2, 0.25) is 0 Å². The van der Waals surface area contributed by atoms with E-state index in [-0.39, 0.29) is 29.9 Å². The van der Waals surface area contributed by atoms with Crippen molar-refractivity contribution in [1.82, 2.24) is 25.3 Å². The Balaban J connectivity index is 0.00000450. The van der Waals surface area contributed by atoms with Crippen molar-refractivity contribution < 1.29 is 4.79 Å². The third-order valence-electron chi connectivity index (χ3n) is 5.11. The molecule has 1 heterocycles. The van der Waals surface area contributed by atoms with Crippen LogP contribution in [0.1, 0.15) is 53.6 Å². The molecular formula is C22H35IN6O. The smallest absolute Gasteiger partial charge is 0.253 e. The molecule has 0 atom stereocenters. The summed E-state index contributed by atoms with van der Waals surface area (Å²) >= 11 is 0. The second-order valence-electron chi connectivity index (χ2n) is 7.00. The number of rotatable bonds is 8. The van der Waals surface area contributed by atoms with Crippen molar-refractivity contribution in [2.24, 2.45) is 12.0 Å². The van der Waals surface area contributed by atoms with E-state index in [0.29, 0.717) is 18.7 Å². The summed E-state index contributed by atoms with van der Waals surface area (Å²) in [4.78, 5) is 18.9. The van der Waals surface area contributed by atoms with Gasteiger partial charge in [-0.05, 0) is 52.3 Å². The number of aliphatic imine (C=N–C) groups is 1. The molecule has 1 aromatic carbocycles. The molecule has 0 aliphatic carbocycles. The van der Waals surface area contributed by atoms with Gasteiger partial charge in [0.2, 0.25) is 0 Å². The first-order valence-corrected chi connectivity index (χ1v) is 10.3. The van der Waals surface area contributed by atoms with E-state index in [1.807, 2.05) is 68.6 Å². The van der Waals surface area contributed by atoms with Crippen LogP contribution in [0.5, 0.6) is 0 Å². The van der Waals surface area contributed by atoms with E-state index in [9.17, 15) is 4.79 Å². The third kappa shape index (κ3) is 6.72. The molecule has 166 valence electrons. The molecular weight excluding hydrogens is 491 g/mol. The maximum absolute atomic E-state index is 12.4. The normalized spacial score (nSPS) is 11.1. The van der Waals surface area contributed by atoms with Crippen LogP contribution in [0.15, 0.2) is 29.3 Å². The molecule has 0 aliphatic rings. The molecule has 0 unspecified atom stereocenters. The van der Waals surface area contributed by atoms with Gasteiger partial charge in [-0.25, -0.2) is 4.99 Å². The van der Waals surface area contributed by atoms with Crippen molar-refractivity contribution in [2.45, 2.75) is 47.7 Å². The van der Waals surface area contributed by atoms with Crippen molar-refractivity contribution in [3.63, 3.8) is 0 Å². The number of aryl methyl sites for hydroxylation is 2. The van der Waals surface area contributed by atoms with Gasteiger partial charge in [-0.1, -0.05) is 12.1 Å². The number of hydrogen-bond acceptors (Lipinski definition) is 3. The second kappa shape index (κ2) is 12.6. The lowest BCUT2D eigenvalue weighted by atomic mass is 10.1. The summed E-state index contributed by atoms with van der Waals surface area (Å²) < 4.78 is 1.90. The van der Waals surface area contributed by atoms with Gasteiger partial charge in [0, 0.05) is 50.0 Å². The summed E-state index contributed by atoms with van der Waals surface area (Å²) in [6.07, 6.45) is 0. The third-order valence-corrected chi connectivity index (χ3v) is 5.11. The van der Waals surface area contributed by atoms with Gasteiger partial charge in [-0.2, -0.15) is 5.10 Å². The summed E-state index contributed by atoms with van der Waals surface area (Å²) in [7, 11) is 1.96. The topological polar surface area (TPSA) is 74.6 Å². The van der Waals surface area contributed by atoms with Crippen molar-refractivity contribution in [1.29, 1.82) is 0 Å². The van der Waals surface area contributed by atoms with E-state index in [1.54, 1.807) is 0 Å². The van der Waals surface area contributed by atoms with Crippen LogP contribution in [0.3, 0.4) is 0 Å². The Morgan fingerprint density at radius 1 is 1.10 bits per heavy atom. The summed E-state index contributed by atoms with van der Waals surface area (Å²) in [5.41, 5.74) is 5.15. The minimum atomic E-state index is 0. The number of amides is 1. The van der Waals surface area contributed by atoms with Gasteiger partial charge in [-0.3, -0.25) is 9.48 Å². The summed E-state index contributed by atoms with van der Waals surface area (Å²) in [5, 5.41) is 11.1. The predicted octanol–water partition coefficient (Wildman–Crippen LogP) is 3.39. The Bertz CT molecular complexity index is 840. The van der Waals surface area contributed by atoms with Gasteiger partial charge in [0.15, 0.2) is 5.96 Å². The number of carbonyl (C=O) groups is 1. The van der Waals surface area contributed by atoms with E-state index in [1.165, 1.54) is 5.56 Å². The molecule has 0 radical (unpaired) electrons. The molecule has 2 aromatic rings. The van der Waals surface area contributed by atoms with E-state index < -0.39 is 0 Å². The van der Waals surface area contributed by atoms with Gasteiger partial charge in [0.05, 0.1) is 12.2 Å². The molecule has 0 fully saturated rings. The van der Waals surface area contributed by atoms with Crippen LogP contribution in [0.25, 0.3) is 0 Å². The van der Waals surface area contributed by atoms with E-state index in [2.05, 4.69) is 27.6 Å². The highest BCUT2D eigenvalue weighted by Gasteiger charge is 2.12. The maximum atomic E-state index is 12.4.